The molecular weight excluding hydrogens is 829 g/mol. The molecule has 0 fully saturated rings. The fourth-order valence-electron chi connectivity index (χ4n) is 9.18. The van der Waals surface area contributed by atoms with Gasteiger partial charge in [-0.25, -0.2) is 13.7 Å². The highest BCUT2D eigenvalue weighted by Crippen LogP contribution is 2.31. The molecule has 4 aromatic rings. The molecule has 0 spiro atoms. The number of carbonyl (C=O) groups excluding carboxylic acids is 3. The molecule has 12 nitrogen and oxygen atoms in total. The monoisotopic (exact) mass is 910 g/mol. The second-order valence-electron chi connectivity index (χ2n) is 18.8. The van der Waals surface area contributed by atoms with Crippen molar-refractivity contribution in [2.45, 2.75) is 158 Å². The van der Waals surface area contributed by atoms with E-state index in [0.29, 0.717) is 76.3 Å². The zero-order valence-corrected chi connectivity index (χ0v) is 42.2. The van der Waals surface area contributed by atoms with Crippen molar-refractivity contribution in [3.05, 3.63) is 124 Å². The largest absolute Gasteiger partial charge is 0.468 e. The molecule has 0 radical (unpaired) electrons. The Morgan fingerprint density at radius 1 is 0.455 bits per heavy atom. The number of pyridine rings is 3. The Morgan fingerprint density at radius 2 is 0.712 bits per heavy atom. The van der Waals surface area contributed by atoms with Crippen molar-refractivity contribution >= 4 is 17.9 Å². The standard InChI is InChI=1S/C54H81N6O6/c1-13-43-46(34-58-22-16-19-40(31-58)28-55-49(25-37(4)5)52(61)64-10)44(14-2)48(36-60-24-18-21-42(33-60)30-57-51(27-39(8)9)54(63)66-12)45(15-3)47(43)35-59-23-17-20-41(32-59)29-56-50(26-38(6)7)53(62)65-11/h16-24,31-33,37-39,49-51,55-57H,13-15,25-30,34-36H2,1-12H3/q+3/t49-,50-,51-/m0/s1. The molecule has 4 rings (SSSR count). The minimum absolute atomic E-state index is 0.240. The van der Waals surface area contributed by atoms with Crippen LogP contribution in [0.2, 0.25) is 0 Å². The number of aromatic nitrogens is 3. The fraction of sp³-hybridized carbons (Fsp3) is 0.556. The summed E-state index contributed by atoms with van der Waals surface area (Å²) in [5.41, 5.74) is 11.4. The molecule has 0 saturated heterocycles. The van der Waals surface area contributed by atoms with Crippen molar-refractivity contribution in [3.8, 4) is 0 Å². The van der Waals surface area contributed by atoms with Crippen LogP contribution in [0.1, 0.15) is 132 Å². The maximum atomic E-state index is 12.7. The van der Waals surface area contributed by atoms with Gasteiger partial charge >= 0.3 is 17.9 Å². The quantitative estimate of drug-likeness (QED) is 0.0354. The van der Waals surface area contributed by atoms with Gasteiger partial charge in [0.2, 0.25) is 0 Å². The van der Waals surface area contributed by atoms with Gasteiger partial charge in [0.15, 0.2) is 56.8 Å². The van der Waals surface area contributed by atoms with Crippen molar-refractivity contribution in [2.24, 2.45) is 17.8 Å². The Hall–Kier alpha value is -5.04. The van der Waals surface area contributed by atoms with Crippen LogP contribution < -0.4 is 29.7 Å². The topological polar surface area (TPSA) is 127 Å². The van der Waals surface area contributed by atoms with Crippen LogP contribution in [0.15, 0.2) is 73.6 Å². The zero-order valence-electron chi connectivity index (χ0n) is 42.2. The third kappa shape index (κ3) is 15.8. The highest BCUT2D eigenvalue weighted by atomic mass is 16.5. The molecule has 3 atom stereocenters. The van der Waals surface area contributed by atoms with Crippen LogP contribution in [0.3, 0.4) is 0 Å². The molecule has 12 heteroatoms. The molecule has 0 bridgehead atoms. The van der Waals surface area contributed by atoms with Crippen molar-refractivity contribution in [1.82, 2.24) is 16.0 Å². The molecule has 0 unspecified atom stereocenters. The van der Waals surface area contributed by atoms with Gasteiger partial charge < -0.3 is 30.2 Å². The van der Waals surface area contributed by atoms with E-state index in [1.807, 2.05) is 0 Å². The van der Waals surface area contributed by atoms with Gasteiger partial charge in [-0.3, -0.25) is 14.4 Å². The normalized spacial score (nSPS) is 13.0. The van der Waals surface area contributed by atoms with E-state index >= 15 is 0 Å². The number of hydrogen-bond donors (Lipinski definition) is 3. The Kier molecular flexibility index (Phi) is 21.9. The number of rotatable bonds is 27. The van der Waals surface area contributed by atoms with Gasteiger partial charge in [0, 0.05) is 71.2 Å². The van der Waals surface area contributed by atoms with Crippen LogP contribution in [-0.4, -0.2) is 57.4 Å². The smallest absolute Gasteiger partial charge is 0.322 e. The lowest BCUT2D eigenvalue weighted by Gasteiger charge is -2.23. The van der Waals surface area contributed by atoms with Crippen LogP contribution in [0.4, 0.5) is 0 Å². The number of carbonyl (C=O) groups is 3. The molecule has 1 aromatic carbocycles. The summed E-state index contributed by atoms with van der Waals surface area (Å²) in [7, 11) is 4.34. The first-order valence-electron chi connectivity index (χ1n) is 24.2. The Morgan fingerprint density at radius 3 is 0.924 bits per heavy atom. The molecule has 360 valence electrons. The molecule has 0 aliphatic carbocycles. The molecule has 3 N–H and O–H groups in total. The van der Waals surface area contributed by atoms with E-state index < -0.39 is 0 Å². The summed E-state index contributed by atoms with van der Waals surface area (Å²) < 4.78 is 22.3. The van der Waals surface area contributed by atoms with Gasteiger partial charge in [0.05, 0.1) is 21.3 Å². The van der Waals surface area contributed by atoms with Gasteiger partial charge in [-0.05, 0) is 91.2 Å². The number of esters is 3. The summed E-state index contributed by atoms with van der Waals surface area (Å²) in [4.78, 5) is 38.0. The van der Waals surface area contributed by atoms with Gasteiger partial charge in [0.25, 0.3) is 0 Å². The van der Waals surface area contributed by atoms with Crippen LogP contribution >= 0.6 is 0 Å². The van der Waals surface area contributed by atoms with Gasteiger partial charge in [0.1, 0.15) is 18.1 Å². The summed E-state index contributed by atoms with van der Waals surface area (Å²) in [6.07, 6.45) is 17.7. The number of methoxy groups -OCH3 is 3. The van der Waals surface area contributed by atoms with E-state index in [0.717, 1.165) is 36.0 Å². The van der Waals surface area contributed by atoms with Crippen LogP contribution in [0, 0.1) is 17.8 Å². The average molecular weight is 910 g/mol. The highest BCUT2D eigenvalue weighted by Gasteiger charge is 2.29. The lowest BCUT2D eigenvalue weighted by molar-refractivity contribution is -0.691. The Balaban J connectivity index is 1.81. The SMILES string of the molecule is CCc1c(C[n+]2cccc(CN[C@@H](CC(C)C)C(=O)OC)c2)c(CC)c(C[n+]2cccc(CN[C@@H](CC(C)C)C(=O)OC)c2)c(CC)c1C[n+]1cccc(CN[C@@H](CC(C)C)C(=O)OC)c1. The van der Waals surface area contributed by atoms with Crippen molar-refractivity contribution in [2.75, 3.05) is 21.3 Å². The van der Waals surface area contributed by atoms with E-state index in [9.17, 15) is 14.4 Å². The van der Waals surface area contributed by atoms with E-state index in [4.69, 9.17) is 14.2 Å². The predicted molar refractivity (Wildman–Crippen MR) is 258 cm³/mol. The molecule has 0 amide bonds. The summed E-state index contributed by atoms with van der Waals surface area (Å²) in [5.74, 6) is 0.305. The number of nitrogens with one attached hydrogen (secondary N) is 3. The minimum Gasteiger partial charge on any atom is -0.468 e. The van der Waals surface area contributed by atoms with E-state index in [2.05, 4.69) is 166 Å². The number of benzene rings is 1. The maximum absolute atomic E-state index is 12.7. The molecule has 0 aliphatic rings. The average Bonchev–Trinajstić information content (AvgIpc) is 3.30. The Bertz CT molecular complexity index is 1930. The molecule has 0 saturated carbocycles. The van der Waals surface area contributed by atoms with Gasteiger partial charge in [-0.1, -0.05) is 62.3 Å². The van der Waals surface area contributed by atoms with Gasteiger partial charge in [-0.2, -0.15) is 0 Å². The van der Waals surface area contributed by atoms with E-state index in [1.54, 1.807) is 0 Å². The third-order valence-electron chi connectivity index (χ3n) is 12.3. The lowest BCUT2D eigenvalue weighted by Crippen LogP contribution is -2.41. The zero-order chi connectivity index (χ0) is 48.3. The van der Waals surface area contributed by atoms with E-state index in [1.165, 1.54) is 54.7 Å². The molecule has 3 heterocycles. The lowest BCUT2D eigenvalue weighted by atomic mass is 9.83. The van der Waals surface area contributed by atoms with Gasteiger partial charge in [-0.15, -0.1) is 0 Å². The predicted octanol–water partition coefficient (Wildman–Crippen LogP) is 6.41. The first-order chi connectivity index (χ1) is 31.6. The number of nitrogens with zero attached hydrogens (tertiary/aromatic N) is 3. The summed E-state index contributed by atoms with van der Waals surface area (Å²) in [5, 5.41) is 10.4. The van der Waals surface area contributed by atoms with Crippen molar-refractivity contribution in [3.63, 3.8) is 0 Å². The summed E-state index contributed by atoms with van der Waals surface area (Å²) in [6, 6.07) is 11.5. The molecule has 66 heavy (non-hydrogen) atoms. The van der Waals surface area contributed by atoms with Crippen molar-refractivity contribution < 1.29 is 42.3 Å². The van der Waals surface area contributed by atoms with E-state index in [-0.39, 0.29) is 36.0 Å². The number of ether oxygens (including phenoxy) is 3. The molecular formula is C54H81N6O6+3. The Labute approximate surface area is 395 Å². The number of hydrogen-bond acceptors (Lipinski definition) is 9. The van der Waals surface area contributed by atoms with Crippen molar-refractivity contribution in [1.29, 1.82) is 0 Å². The highest BCUT2D eigenvalue weighted by molar-refractivity contribution is 5.76. The van der Waals surface area contributed by atoms with Crippen LogP contribution in [-0.2, 0) is 87.1 Å². The maximum Gasteiger partial charge on any atom is 0.322 e. The van der Waals surface area contributed by atoms with Crippen LogP contribution in [0.25, 0.3) is 0 Å². The first kappa shape index (κ1) is 53.6. The molecule has 0 aliphatic heterocycles. The first-order valence-corrected chi connectivity index (χ1v) is 24.2. The second kappa shape index (κ2) is 26.9. The third-order valence-corrected chi connectivity index (χ3v) is 12.3. The second-order valence-corrected chi connectivity index (χ2v) is 18.8. The molecule has 3 aromatic heterocycles. The summed E-state index contributed by atoms with van der Waals surface area (Å²) >= 11 is 0. The summed E-state index contributed by atoms with van der Waals surface area (Å²) in [6.45, 7) is 23.2. The fourth-order valence-corrected chi connectivity index (χ4v) is 9.18. The minimum atomic E-state index is -0.379. The van der Waals surface area contributed by atoms with Crippen LogP contribution in [0.5, 0.6) is 0 Å².